The van der Waals surface area contributed by atoms with Crippen LogP contribution >= 0.6 is 0 Å². The number of nitrogens with one attached hydrogen (secondary N) is 1. The van der Waals surface area contributed by atoms with Crippen molar-refractivity contribution < 1.29 is 19.2 Å². The minimum absolute atomic E-state index is 0.0117. The van der Waals surface area contributed by atoms with Gasteiger partial charge in [0.1, 0.15) is 11.8 Å². The number of carbonyl (C=O) groups excluding carboxylic acids is 3. The second-order valence-corrected chi connectivity index (χ2v) is 6.32. The number of hydrogen-bond donors (Lipinski definition) is 1. The predicted molar refractivity (Wildman–Crippen MR) is 83.7 cm³/mol. The molecular formula is C17H17N3O4. The van der Waals surface area contributed by atoms with Crippen molar-refractivity contribution in [1.82, 2.24) is 10.2 Å². The van der Waals surface area contributed by atoms with Gasteiger partial charge in [-0.15, -0.1) is 0 Å². The lowest BCUT2D eigenvalue weighted by Gasteiger charge is -2.26. The molecule has 0 unspecified atom stereocenters. The number of hydrogen-bond acceptors (Lipinski definition) is 5. The van der Waals surface area contributed by atoms with Crippen molar-refractivity contribution in [2.75, 3.05) is 0 Å². The van der Waals surface area contributed by atoms with Crippen molar-refractivity contribution in [1.29, 1.82) is 0 Å². The van der Waals surface area contributed by atoms with Gasteiger partial charge in [0.2, 0.25) is 11.8 Å². The van der Waals surface area contributed by atoms with Crippen LogP contribution in [0.4, 0.5) is 0 Å². The summed E-state index contributed by atoms with van der Waals surface area (Å²) in [6.07, 6.45) is 1.80. The molecular weight excluding hydrogens is 310 g/mol. The van der Waals surface area contributed by atoms with Crippen molar-refractivity contribution in [3.8, 4) is 0 Å². The fourth-order valence-corrected chi connectivity index (χ4v) is 3.18. The van der Waals surface area contributed by atoms with Gasteiger partial charge in [0.05, 0.1) is 6.42 Å². The summed E-state index contributed by atoms with van der Waals surface area (Å²) in [7, 11) is 0. The number of rotatable bonds is 4. The maximum absolute atomic E-state index is 12.9. The van der Waals surface area contributed by atoms with Crippen LogP contribution in [0.2, 0.25) is 0 Å². The number of oxime groups is 1. The summed E-state index contributed by atoms with van der Waals surface area (Å²) in [5, 5.41) is 6.22. The number of nitrogens with zero attached hydrogens (tertiary/aromatic N) is 2. The predicted octanol–water partition coefficient (Wildman–Crippen LogP) is 0.910. The molecule has 2 heterocycles. The summed E-state index contributed by atoms with van der Waals surface area (Å²) in [4.78, 5) is 43.2. The van der Waals surface area contributed by atoms with Crippen LogP contribution < -0.4 is 5.32 Å². The van der Waals surface area contributed by atoms with Crippen molar-refractivity contribution in [3.63, 3.8) is 0 Å². The van der Waals surface area contributed by atoms with Crippen LogP contribution in [0, 0.1) is 0 Å². The van der Waals surface area contributed by atoms with Crippen LogP contribution in [0.15, 0.2) is 35.5 Å². The van der Waals surface area contributed by atoms with E-state index >= 15 is 0 Å². The quantitative estimate of drug-likeness (QED) is 0.833. The fourth-order valence-electron chi connectivity index (χ4n) is 3.18. The molecule has 2 fully saturated rings. The number of benzene rings is 1. The molecule has 3 aliphatic rings. The van der Waals surface area contributed by atoms with E-state index < -0.39 is 11.9 Å². The van der Waals surface area contributed by atoms with E-state index in [-0.39, 0.29) is 30.4 Å². The zero-order valence-electron chi connectivity index (χ0n) is 13.0. The summed E-state index contributed by atoms with van der Waals surface area (Å²) in [6, 6.07) is 8.86. The first-order valence-electron chi connectivity index (χ1n) is 8.07. The first-order chi connectivity index (χ1) is 11.6. The normalized spacial score (nSPS) is 25.9. The second kappa shape index (κ2) is 5.74. The fraction of sp³-hybridized carbons (Fsp3) is 0.412. The highest BCUT2D eigenvalue weighted by molar-refractivity contribution is 6.39. The Hall–Kier alpha value is -2.70. The standard InChI is InChI=1S/C17H17N3O4/c21-15-9-13(16(22)18-15)20(11-6-7-11)17(23)12-8-14(24-19-12)10-4-2-1-3-5-10/h1-5,11,13-14H,6-9H2,(H,18,21,22)/t13-,14+/m0/s1. The molecule has 0 radical (unpaired) electrons. The van der Waals surface area contributed by atoms with E-state index in [4.69, 9.17) is 4.84 Å². The maximum Gasteiger partial charge on any atom is 0.272 e. The molecule has 1 saturated carbocycles. The molecule has 1 aromatic rings. The molecule has 0 bridgehead atoms. The Morgan fingerprint density at radius 1 is 1.17 bits per heavy atom. The van der Waals surface area contributed by atoms with Crippen LogP contribution in [-0.4, -0.2) is 40.4 Å². The molecule has 2 aliphatic heterocycles. The van der Waals surface area contributed by atoms with E-state index in [9.17, 15) is 14.4 Å². The third-order valence-electron chi connectivity index (χ3n) is 4.54. The van der Waals surface area contributed by atoms with Gasteiger partial charge in [0.15, 0.2) is 6.10 Å². The van der Waals surface area contributed by atoms with Gasteiger partial charge < -0.3 is 9.74 Å². The van der Waals surface area contributed by atoms with Gasteiger partial charge in [0.25, 0.3) is 5.91 Å². The largest absolute Gasteiger partial charge is 0.387 e. The Balaban J connectivity index is 1.50. The number of imide groups is 1. The molecule has 1 N–H and O–H groups in total. The van der Waals surface area contributed by atoms with Crippen LogP contribution in [0.3, 0.4) is 0 Å². The highest BCUT2D eigenvalue weighted by Crippen LogP contribution is 2.33. The maximum atomic E-state index is 12.9. The first-order valence-corrected chi connectivity index (χ1v) is 8.07. The molecule has 0 aromatic heterocycles. The lowest BCUT2D eigenvalue weighted by molar-refractivity contribution is -0.134. The van der Waals surface area contributed by atoms with E-state index in [1.807, 2.05) is 30.3 Å². The molecule has 1 aromatic carbocycles. The van der Waals surface area contributed by atoms with Gasteiger partial charge in [-0.05, 0) is 18.4 Å². The van der Waals surface area contributed by atoms with E-state index in [1.165, 1.54) is 4.90 Å². The number of amides is 3. The van der Waals surface area contributed by atoms with E-state index in [0.29, 0.717) is 12.1 Å². The third-order valence-corrected chi connectivity index (χ3v) is 4.54. The Labute approximate surface area is 138 Å². The Morgan fingerprint density at radius 3 is 2.54 bits per heavy atom. The summed E-state index contributed by atoms with van der Waals surface area (Å²) in [6.45, 7) is 0. The lowest BCUT2D eigenvalue weighted by Crippen LogP contribution is -2.48. The third kappa shape index (κ3) is 2.66. The average molecular weight is 327 g/mol. The van der Waals surface area contributed by atoms with E-state index in [0.717, 1.165) is 18.4 Å². The molecule has 7 heteroatoms. The summed E-state index contributed by atoms with van der Waals surface area (Å²) in [5.41, 5.74) is 1.26. The van der Waals surface area contributed by atoms with E-state index in [1.54, 1.807) is 0 Å². The molecule has 7 nitrogen and oxygen atoms in total. The second-order valence-electron chi connectivity index (χ2n) is 6.32. The number of carbonyl (C=O) groups is 3. The van der Waals surface area contributed by atoms with Gasteiger partial charge in [0, 0.05) is 12.5 Å². The summed E-state index contributed by atoms with van der Waals surface area (Å²) >= 11 is 0. The molecule has 2 atom stereocenters. The van der Waals surface area contributed by atoms with Crippen LogP contribution in [0.1, 0.15) is 37.4 Å². The monoisotopic (exact) mass is 327 g/mol. The zero-order valence-corrected chi connectivity index (χ0v) is 13.0. The zero-order chi connectivity index (χ0) is 16.7. The summed E-state index contributed by atoms with van der Waals surface area (Å²) in [5.74, 6) is -1.04. The first kappa shape index (κ1) is 14.9. The van der Waals surface area contributed by atoms with Crippen molar-refractivity contribution in [2.45, 2.75) is 43.9 Å². The summed E-state index contributed by atoms with van der Waals surface area (Å²) < 4.78 is 0. The lowest BCUT2D eigenvalue weighted by atomic mass is 10.0. The SMILES string of the molecule is O=C1C[C@H](N(C(=O)C2=NO[C@@H](c3ccccc3)C2)C2CC2)C(=O)N1. The van der Waals surface area contributed by atoms with Crippen LogP contribution in [0.25, 0.3) is 0 Å². The Morgan fingerprint density at radius 2 is 1.92 bits per heavy atom. The van der Waals surface area contributed by atoms with Crippen molar-refractivity contribution in [2.24, 2.45) is 5.16 Å². The smallest absolute Gasteiger partial charge is 0.272 e. The van der Waals surface area contributed by atoms with E-state index in [2.05, 4.69) is 10.5 Å². The highest BCUT2D eigenvalue weighted by Gasteiger charge is 2.46. The van der Waals surface area contributed by atoms with Gasteiger partial charge in [-0.3, -0.25) is 19.7 Å². The molecule has 1 aliphatic carbocycles. The molecule has 0 spiro atoms. The van der Waals surface area contributed by atoms with Gasteiger partial charge in [-0.2, -0.15) is 0 Å². The van der Waals surface area contributed by atoms with Gasteiger partial charge in [-0.1, -0.05) is 35.5 Å². The minimum atomic E-state index is -0.726. The molecule has 4 rings (SSSR count). The Bertz CT molecular complexity index is 727. The van der Waals surface area contributed by atoms with Crippen LogP contribution in [-0.2, 0) is 19.2 Å². The molecule has 24 heavy (non-hydrogen) atoms. The average Bonchev–Trinajstić information content (AvgIpc) is 3.18. The van der Waals surface area contributed by atoms with Gasteiger partial charge in [-0.25, -0.2) is 0 Å². The topological polar surface area (TPSA) is 88.1 Å². The minimum Gasteiger partial charge on any atom is -0.387 e. The Kier molecular flexibility index (Phi) is 3.55. The van der Waals surface area contributed by atoms with Crippen molar-refractivity contribution in [3.05, 3.63) is 35.9 Å². The molecule has 124 valence electrons. The molecule has 3 amide bonds. The van der Waals surface area contributed by atoms with Gasteiger partial charge >= 0.3 is 0 Å². The highest BCUT2D eigenvalue weighted by atomic mass is 16.6. The van der Waals surface area contributed by atoms with Crippen LogP contribution in [0.5, 0.6) is 0 Å². The van der Waals surface area contributed by atoms with Crippen molar-refractivity contribution >= 4 is 23.4 Å². The molecule has 1 saturated heterocycles.